The summed E-state index contributed by atoms with van der Waals surface area (Å²) in [6.07, 6.45) is -1.29. The van der Waals surface area contributed by atoms with Crippen molar-refractivity contribution in [1.82, 2.24) is 10.6 Å². The number of hydrogen-bond acceptors (Lipinski definition) is 7. The van der Waals surface area contributed by atoms with Crippen LogP contribution in [0.15, 0.2) is 0 Å². The van der Waals surface area contributed by atoms with Crippen molar-refractivity contribution in [3.8, 4) is 0 Å². The van der Waals surface area contributed by atoms with E-state index in [-0.39, 0.29) is 59.4 Å². The molecule has 0 aromatic rings. The average molecular weight is 340 g/mol. The topological polar surface area (TPSA) is 133 Å². The summed E-state index contributed by atoms with van der Waals surface area (Å²) in [5.41, 5.74) is 12.0. The van der Waals surface area contributed by atoms with Crippen LogP contribution in [0.25, 0.3) is 5.73 Å². The molecule has 0 saturated carbocycles. The first kappa shape index (κ1) is 21.1. The van der Waals surface area contributed by atoms with Crippen LogP contribution in [0.4, 0.5) is 0 Å². The average Bonchev–Trinajstić information content (AvgIpc) is 2.33. The number of hydrogen-bond donors (Lipinski definition) is 5. The van der Waals surface area contributed by atoms with Crippen LogP contribution in [0, 0.1) is 0 Å². The molecule has 0 heterocycles. The summed E-state index contributed by atoms with van der Waals surface area (Å²) in [5, 5.41) is 24.1. The van der Waals surface area contributed by atoms with Crippen LogP contribution in [0.2, 0.25) is 0 Å². The van der Waals surface area contributed by atoms with Gasteiger partial charge in [-0.25, -0.2) is 0 Å². The molecule has 107 valence electrons. The standard InChI is InChI=1S/C9H23N4O4.Y/c10-5-12-1-8(14)3-16-7-17-4-9(15)2-13-6-11;/h8-10,12-15H,1-7,11H2;/q-1;. The second-order valence-electron chi connectivity index (χ2n) is 3.46. The van der Waals surface area contributed by atoms with Crippen molar-refractivity contribution in [2.24, 2.45) is 5.73 Å². The van der Waals surface area contributed by atoms with Gasteiger partial charge in [0.25, 0.3) is 0 Å². The molecule has 0 amide bonds. The zero-order valence-electron chi connectivity index (χ0n) is 10.5. The van der Waals surface area contributed by atoms with Gasteiger partial charge in [0.2, 0.25) is 0 Å². The summed E-state index contributed by atoms with van der Waals surface area (Å²) in [6, 6.07) is 0. The van der Waals surface area contributed by atoms with Crippen LogP contribution < -0.4 is 16.4 Å². The van der Waals surface area contributed by atoms with Crippen molar-refractivity contribution >= 4 is 0 Å². The molecule has 0 aliphatic rings. The molecule has 0 aromatic carbocycles. The van der Waals surface area contributed by atoms with E-state index in [0.29, 0.717) is 19.8 Å². The zero-order chi connectivity index (χ0) is 12.9. The minimum atomic E-state index is -0.659. The molecule has 0 fully saturated rings. The van der Waals surface area contributed by atoms with Crippen LogP contribution >= 0.6 is 0 Å². The van der Waals surface area contributed by atoms with E-state index >= 15 is 0 Å². The predicted octanol–water partition coefficient (Wildman–Crippen LogP) is -2.20. The summed E-state index contributed by atoms with van der Waals surface area (Å²) in [5.74, 6) is 0. The Morgan fingerprint density at radius 2 is 1.56 bits per heavy atom. The van der Waals surface area contributed by atoms with Crippen LogP contribution in [0.5, 0.6) is 0 Å². The smallest absolute Gasteiger partial charge is 0.146 e. The second kappa shape index (κ2) is 15.8. The SMILES string of the molecule is [NH-]CNCC(O)COCOCC(O)CNCN.[Y]. The molecule has 0 rings (SSSR count). The van der Waals surface area contributed by atoms with Crippen molar-refractivity contribution in [1.29, 1.82) is 0 Å². The van der Waals surface area contributed by atoms with Gasteiger partial charge in [-0.2, -0.15) is 0 Å². The van der Waals surface area contributed by atoms with Gasteiger partial charge < -0.3 is 41.8 Å². The van der Waals surface area contributed by atoms with Gasteiger partial charge in [0.15, 0.2) is 0 Å². The molecule has 0 saturated heterocycles. The van der Waals surface area contributed by atoms with E-state index in [1.165, 1.54) is 0 Å². The summed E-state index contributed by atoms with van der Waals surface area (Å²) >= 11 is 0. The quantitative estimate of drug-likeness (QED) is 0.201. The molecule has 2 atom stereocenters. The molecule has 8 nitrogen and oxygen atoms in total. The minimum Gasteiger partial charge on any atom is -0.665 e. The van der Waals surface area contributed by atoms with Gasteiger partial charge in [0, 0.05) is 52.5 Å². The molecule has 0 aromatic heterocycles. The van der Waals surface area contributed by atoms with Crippen molar-refractivity contribution in [2.45, 2.75) is 12.2 Å². The van der Waals surface area contributed by atoms with Gasteiger partial charge in [-0.15, -0.1) is 0 Å². The Balaban J connectivity index is 0. The Bertz CT molecular complexity index is 154. The van der Waals surface area contributed by atoms with Crippen LogP contribution in [-0.4, -0.2) is 68.9 Å². The third-order valence-corrected chi connectivity index (χ3v) is 1.82. The van der Waals surface area contributed by atoms with Gasteiger partial charge >= 0.3 is 0 Å². The number of aliphatic hydroxyl groups excluding tert-OH is 2. The van der Waals surface area contributed by atoms with Crippen LogP contribution in [0.1, 0.15) is 0 Å². The van der Waals surface area contributed by atoms with Gasteiger partial charge in [-0.3, -0.25) is 0 Å². The first-order valence-electron chi connectivity index (χ1n) is 5.48. The molecule has 9 heteroatoms. The van der Waals surface area contributed by atoms with E-state index < -0.39 is 12.2 Å². The fraction of sp³-hybridized carbons (Fsp3) is 1.00. The molecular weight excluding hydrogens is 317 g/mol. The maximum atomic E-state index is 9.33. The Labute approximate surface area is 133 Å². The first-order chi connectivity index (χ1) is 8.20. The van der Waals surface area contributed by atoms with Crippen molar-refractivity contribution in [3.05, 3.63) is 5.73 Å². The Kier molecular flexibility index (Phi) is 18.6. The molecule has 0 bridgehead atoms. The molecule has 0 aliphatic heterocycles. The zero-order valence-corrected chi connectivity index (χ0v) is 13.3. The number of nitrogens with one attached hydrogen (secondary N) is 3. The molecule has 0 aliphatic carbocycles. The molecule has 0 spiro atoms. The normalized spacial score (nSPS) is 14.0. The van der Waals surface area contributed by atoms with Crippen LogP contribution in [0.3, 0.4) is 0 Å². The van der Waals surface area contributed by atoms with E-state index in [2.05, 4.69) is 10.6 Å². The minimum absolute atomic E-state index is 0. The fourth-order valence-electron chi connectivity index (χ4n) is 1.03. The van der Waals surface area contributed by atoms with E-state index in [4.69, 9.17) is 20.9 Å². The van der Waals surface area contributed by atoms with E-state index in [1.807, 2.05) is 0 Å². The van der Waals surface area contributed by atoms with Gasteiger partial charge in [-0.1, -0.05) is 6.67 Å². The summed E-state index contributed by atoms with van der Waals surface area (Å²) in [6.45, 7) is 1.34. The number of rotatable bonds is 12. The Morgan fingerprint density at radius 1 is 1.06 bits per heavy atom. The van der Waals surface area contributed by atoms with Crippen molar-refractivity contribution < 1.29 is 52.4 Å². The summed E-state index contributed by atoms with van der Waals surface area (Å²) < 4.78 is 10.0. The van der Waals surface area contributed by atoms with Gasteiger partial charge in [0.1, 0.15) is 6.79 Å². The largest absolute Gasteiger partial charge is 0.665 e. The maximum Gasteiger partial charge on any atom is 0.146 e. The predicted molar refractivity (Wildman–Crippen MR) is 63.0 cm³/mol. The number of aliphatic hydroxyl groups is 2. The fourth-order valence-corrected chi connectivity index (χ4v) is 1.03. The first-order valence-corrected chi connectivity index (χ1v) is 5.48. The van der Waals surface area contributed by atoms with Crippen molar-refractivity contribution in [2.75, 3.05) is 46.4 Å². The molecule has 7 N–H and O–H groups in total. The third kappa shape index (κ3) is 14.8. The molecule has 2 unspecified atom stereocenters. The van der Waals surface area contributed by atoms with Crippen LogP contribution in [-0.2, 0) is 42.2 Å². The number of ether oxygens (including phenoxy) is 2. The molecular formula is C9H23N4O4Y-. The summed E-state index contributed by atoms with van der Waals surface area (Å²) in [4.78, 5) is 0. The van der Waals surface area contributed by atoms with E-state index in [9.17, 15) is 10.2 Å². The van der Waals surface area contributed by atoms with Crippen molar-refractivity contribution in [3.63, 3.8) is 0 Å². The third-order valence-electron chi connectivity index (χ3n) is 1.82. The van der Waals surface area contributed by atoms with Gasteiger partial charge in [0.05, 0.1) is 25.4 Å². The number of nitrogens with two attached hydrogens (primary N) is 1. The molecule has 1 radical (unpaired) electrons. The molecule has 18 heavy (non-hydrogen) atoms. The monoisotopic (exact) mass is 340 g/mol. The Hall–Kier alpha value is 0.784. The Morgan fingerprint density at radius 3 is 2.00 bits per heavy atom. The van der Waals surface area contributed by atoms with E-state index in [1.54, 1.807) is 0 Å². The second-order valence-corrected chi connectivity index (χ2v) is 3.46. The van der Waals surface area contributed by atoms with E-state index in [0.717, 1.165) is 0 Å². The van der Waals surface area contributed by atoms with Gasteiger partial charge in [-0.05, 0) is 0 Å². The summed E-state index contributed by atoms with van der Waals surface area (Å²) in [7, 11) is 0. The maximum absolute atomic E-state index is 9.33.